The van der Waals surface area contributed by atoms with Gasteiger partial charge in [0.15, 0.2) is 0 Å². The minimum Gasteiger partial charge on any atom is -0.497 e. The van der Waals surface area contributed by atoms with Crippen molar-refractivity contribution in [2.45, 2.75) is 65.3 Å². The van der Waals surface area contributed by atoms with Crippen LogP contribution in [0, 0.1) is 5.92 Å². The van der Waals surface area contributed by atoms with E-state index >= 15 is 0 Å². The summed E-state index contributed by atoms with van der Waals surface area (Å²) in [7, 11) is 1.63. The molecule has 2 aromatic carbocycles. The fraction of sp³-hybridized carbons (Fsp3) is 0.481. The lowest BCUT2D eigenvalue weighted by Crippen LogP contribution is -2.50. The summed E-state index contributed by atoms with van der Waals surface area (Å²) in [4.78, 5) is 12.5. The zero-order chi connectivity index (χ0) is 25.1. The van der Waals surface area contributed by atoms with Crippen LogP contribution < -0.4 is 10.1 Å². The quantitative estimate of drug-likeness (QED) is 0.370. The Hall–Kier alpha value is -3.06. The van der Waals surface area contributed by atoms with Crippen LogP contribution in [0.2, 0.25) is 0 Å². The number of rotatable bonds is 11. The third kappa shape index (κ3) is 10.3. The van der Waals surface area contributed by atoms with Crippen LogP contribution >= 0.6 is 0 Å². The van der Waals surface area contributed by atoms with E-state index in [1.54, 1.807) is 7.11 Å². The monoisotopic (exact) mass is 469 g/mol. The van der Waals surface area contributed by atoms with E-state index in [2.05, 4.69) is 10.4 Å². The third-order valence-electron chi connectivity index (χ3n) is 4.92. The number of carbonyl (C=O) groups excluding carboxylic acids is 1. The van der Waals surface area contributed by atoms with Crippen molar-refractivity contribution in [3.63, 3.8) is 0 Å². The molecule has 0 aliphatic heterocycles. The average Bonchev–Trinajstić information content (AvgIpc) is 2.77. The van der Waals surface area contributed by atoms with Gasteiger partial charge in [-0.2, -0.15) is 5.10 Å². The van der Waals surface area contributed by atoms with E-state index in [1.165, 1.54) is 0 Å². The minimum atomic E-state index is -0.879. The summed E-state index contributed by atoms with van der Waals surface area (Å²) in [5.74, 6) is 1.04. The molecule has 2 rings (SSSR count). The molecule has 0 aliphatic rings. The fourth-order valence-electron chi connectivity index (χ4n) is 3.28. The van der Waals surface area contributed by atoms with Crippen molar-refractivity contribution in [1.29, 1.82) is 0 Å². The number of benzene rings is 2. The highest BCUT2D eigenvalue weighted by Gasteiger charge is 2.26. The number of ether oxygens (including phenoxy) is 2. The summed E-state index contributed by atoms with van der Waals surface area (Å²) in [6.45, 7) is 10.3. The van der Waals surface area contributed by atoms with Gasteiger partial charge in [-0.1, -0.05) is 56.3 Å². The van der Waals surface area contributed by atoms with Gasteiger partial charge in [-0.05, 0) is 56.4 Å². The highest BCUT2D eigenvalue weighted by Crippen LogP contribution is 2.15. The molecule has 2 aromatic rings. The Morgan fingerprint density at radius 1 is 1.09 bits per heavy atom. The first-order valence-corrected chi connectivity index (χ1v) is 11.7. The van der Waals surface area contributed by atoms with E-state index in [1.807, 2.05) is 100 Å². The number of methoxy groups -OCH3 is 1. The predicted octanol–water partition coefficient (Wildman–Crippen LogP) is 4.64. The second-order valence-electron chi connectivity index (χ2n) is 9.71. The summed E-state index contributed by atoms with van der Waals surface area (Å²) < 4.78 is 10.7. The van der Waals surface area contributed by atoms with Crippen LogP contribution in [0.3, 0.4) is 0 Å². The van der Waals surface area contributed by atoms with Crippen LogP contribution in [-0.2, 0) is 17.7 Å². The van der Waals surface area contributed by atoms with E-state index < -0.39 is 23.8 Å². The maximum atomic E-state index is 12.5. The van der Waals surface area contributed by atoms with Crippen LogP contribution in [-0.4, -0.2) is 53.8 Å². The minimum absolute atomic E-state index is 0.239. The van der Waals surface area contributed by atoms with E-state index in [0.717, 1.165) is 16.9 Å². The molecule has 0 bridgehead atoms. The molecule has 0 saturated heterocycles. The van der Waals surface area contributed by atoms with Crippen molar-refractivity contribution in [2.75, 3.05) is 13.7 Å². The Kier molecular flexibility index (Phi) is 10.4. The van der Waals surface area contributed by atoms with Gasteiger partial charge >= 0.3 is 6.09 Å². The number of hydrogen-bond donors (Lipinski definition) is 2. The van der Waals surface area contributed by atoms with Crippen LogP contribution in [0.25, 0.3) is 0 Å². The maximum absolute atomic E-state index is 12.5. The molecule has 0 aliphatic carbocycles. The molecule has 0 aromatic heterocycles. The molecule has 0 saturated carbocycles. The van der Waals surface area contributed by atoms with E-state index in [9.17, 15) is 9.90 Å². The van der Waals surface area contributed by atoms with Gasteiger partial charge in [0.05, 0.1) is 32.3 Å². The Morgan fingerprint density at radius 3 is 2.29 bits per heavy atom. The molecule has 1 amide bonds. The van der Waals surface area contributed by atoms with Crippen LogP contribution in [0.15, 0.2) is 59.7 Å². The largest absolute Gasteiger partial charge is 0.497 e. The third-order valence-corrected chi connectivity index (χ3v) is 4.92. The molecule has 1 unspecified atom stereocenters. The van der Waals surface area contributed by atoms with Crippen LogP contribution in [0.1, 0.15) is 45.7 Å². The molecule has 186 valence electrons. The zero-order valence-electron chi connectivity index (χ0n) is 21.2. The molecule has 7 heteroatoms. The Morgan fingerprint density at radius 2 is 1.74 bits per heavy atom. The van der Waals surface area contributed by atoms with Gasteiger partial charge in [0.25, 0.3) is 0 Å². The number of aliphatic hydroxyl groups excluding tert-OH is 1. The van der Waals surface area contributed by atoms with Crippen LogP contribution in [0.4, 0.5) is 4.79 Å². The lowest BCUT2D eigenvalue weighted by atomic mass is 10.0. The molecule has 7 nitrogen and oxygen atoms in total. The first-order valence-electron chi connectivity index (χ1n) is 11.7. The van der Waals surface area contributed by atoms with Gasteiger partial charge in [0.2, 0.25) is 0 Å². The number of aliphatic hydroxyl groups is 1. The van der Waals surface area contributed by atoms with Gasteiger partial charge in [-0.25, -0.2) is 4.79 Å². The first-order chi connectivity index (χ1) is 16.1. The summed E-state index contributed by atoms with van der Waals surface area (Å²) in [5, 5.41) is 20.5. The van der Waals surface area contributed by atoms with E-state index in [0.29, 0.717) is 13.0 Å². The topological polar surface area (TPSA) is 83.4 Å². The Labute approximate surface area is 203 Å². The zero-order valence-corrected chi connectivity index (χ0v) is 21.2. The fourth-order valence-corrected chi connectivity index (χ4v) is 3.28. The Balaban J connectivity index is 2.19. The van der Waals surface area contributed by atoms with Crippen molar-refractivity contribution in [1.82, 2.24) is 10.3 Å². The molecule has 0 spiro atoms. The van der Waals surface area contributed by atoms with Gasteiger partial charge in [0.1, 0.15) is 11.4 Å². The van der Waals surface area contributed by atoms with Crippen molar-refractivity contribution in [2.24, 2.45) is 11.0 Å². The maximum Gasteiger partial charge on any atom is 0.407 e. The molecule has 0 radical (unpaired) electrons. The highest BCUT2D eigenvalue weighted by atomic mass is 16.6. The number of amides is 1. The number of hydrazone groups is 1. The van der Waals surface area contributed by atoms with Crippen molar-refractivity contribution in [3.8, 4) is 5.75 Å². The van der Waals surface area contributed by atoms with E-state index in [-0.39, 0.29) is 12.5 Å². The summed E-state index contributed by atoms with van der Waals surface area (Å²) in [5.41, 5.74) is 1.41. The molecule has 0 heterocycles. The SMILES string of the molecule is COc1ccc(CN(CC(O)[C@H](Cc2ccccc2)NC(=O)OC(C)(C)C)/N=C/C(C)C)cc1. The predicted molar refractivity (Wildman–Crippen MR) is 136 cm³/mol. The summed E-state index contributed by atoms with van der Waals surface area (Å²) >= 11 is 0. The normalized spacial score (nSPS) is 13.5. The smallest absolute Gasteiger partial charge is 0.407 e. The summed E-state index contributed by atoms with van der Waals surface area (Å²) in [6, 6.07) is 17.0. The highest BCUT2D eigenvalue weighted by molar-refractivity contribution is 5.68. The second-order valence-corrected chi connectivity index (χ2v) is 9.71. The molecular weight excluding hydrogens is 430 g/mol. The number of hydrogen-bond acceptors (Lipinski definition) is 6. The Bertz CT molecular complexity index is 892. The molecular formula is C27H39N3O4. The molecule has 2 N–H and O–H groups in total. The van der Waals surface area contributed by atoms with Crippen molar-refractivity contribution >= 4 is 12.3 Å². The number of carbonyl (C=O) groups is 1. The average molecular weight is 470 g/mol. The van der Waals surface area contributed by atoms with Gasteiger partial charge < -0.3 is 19.9 Å². The molecule has 34 heavy (non-hydrogen) atoms. The van der Waals surface area contributed by atoms with Crippen molar-refractivity contribution in [3.05, 3.63) is 65.7 Å². The summed E-state index contributed by atoms with van der Waals surface area (Å²) in [6.07, 6.45) is 0.880. The van der Waals surface area contributed by atoms with E-state index in [4.69, 9.17) is 9.47 Å². The molecule has 0 fully saturated rings. The van der Waals surface area contributed by atoms with Gasteiger partial charge in [0, 0.05) is 6.21 Å². The first kappa shape index (κ1) is 27.2. The van der Waals surface area contributed by atoms with Crippen molar-refractivity contribution < 1.29 is 19.4 Å². The second kappa shape index (κ2) is 13.0. The molecule has 2 atom stereocenters. The number of nitrogens with one attached hydrogen (secondary N) is 1. The number of nitrogens with zero attached hydrogens (tertiary/aromatic N) is 2. The lowest BCUT2D eigenvalue weighted by Gasteiger charge is -2.30. The van der Waals surface area contributed by atoms with Gasteiger partial charge in [-0.15, -0.1) is 0 Å². The van der Waals surface area contributed by atoms with Gasteiger partial charge in [-0.3, -0.25) is 5.01 Å². The van der Waals surface area contributed by atoms with Crippen LogP contribution in [0.5, 0.6) is 5.75 Å². The lowest BCUT2D eigenvalue weighted by molar-refractivity contribution is 0.0360. The number of alkyl carbamates (subject to hydrolysis) is 1. The standard InChI is InChI=1S/C27H39N3O4/c1-20(2)17-28-30(18-22-12-14-23(33-6)15-13-22)19-25(31)24(16-21-10-8-7-9-11-21)29-26(32)34-27(3,4)5/h7-15,17,20,24-25,31H,16,18-19H2,1-6H3,(H,29,32)/b28-17+/t24-,25?/m0/s1.